The normalized spacial score (nSPS) is 12.2. The molecule has 146 valence electrons. The summed E-state index contributed by atoms with van der Waals surface area (Å²) in [6, 6.07) is 21.2. The lowest BCUT2D eigenvalue weighted by Crippen LogP contribution is -2.33. The first-order chi connectivity index (χ1) is 14.0. The molecule has 0 spiro atoms. The monoisotopic (exact) mass is 403 g/mol. The Morgan fingerprint density at radius 3 is 2.34 bits per heavy atom. The topological polar surface area (TPSA) is 55.2 Å². The van der Waals surface area contributed by atoms with Crippen LogP contribution in [0.5, 0.6) is 0 Å². The van der Waals surface area contributed by atoms with Gasteiger partial charge in [0.05, 0.1) is 16.2 Å². The smallest absolute Gasteiger partial charge is 0.261 e. The zero-order chi connectivity index (χ0) is 20.5. The number of anilines is 1. The molecular formula is C23H21N3O2S. The molecule has 0 aliphatic heterocycles. The number of hydrogen-bond donors (Lipinski definition) is 0. The van der Waals surface area contributed by atoms with E-state index in [1.54, 1.807) is 19.0 Å². The molecule has 6 heteroatoms. The molecule has 1 atom stereocenters. The molecule has 1 amide bonds. The summed E-state index contributed by atoms with van der Waals surface area (Å²) in [6.07, 6.45) is 0. The van der Waals surface area contributed by atoms with Crippen LogP contribution in [0.25, 0.3) is 21.7 Å². The van der Waals surface area contributed by atoms with Crippen LogP contribution < -0.4 is 10.5 Å². The number of thioether (sulfide) groups is 1. The van der Waals surface area contributed by atoms with E-state index in [0.717, 1.165) is 16.5 Å². The van der Waals surface area contributed by atoms with Crippen LogP contribution in [0.15, 0.2) is 76.7 Å². The third kappa shape index (κ3) is 3.63. The third-order valence-electron chi connectivity index (χ3n) is 5.01. The minimum absolute atomic E-state index is 0.0472. The zero-order valence-electron chi connectivity index (χ0n) is 16.5. The Bertz CT molecular complexity index is 1270. The molecule has 4 aromatic rings. The minimum atomic E-state index is -0.392. The van der Waals surface area contributed by atoms with Gasteiger partial charge >= 0.3 is 0 Å². The summed E-state index contributed by atoms with van der Waals surface area (Å²) in [5, 5.41) is 2.75. The molecule has 0 aliphatic carbocycles. The molecular weight excluding hydrogens is 382 g/mol. The second-order valence-corrected chi connectivity index (χ2v) is 8.28. The first-order valence-electron chi connectivity index (χ1n) is 9.34. The number of aromatic nitrogens is 2. The fraction of sp³-hybridized carbons (Fsp3) is 0.174. The predicted molar refractivity (Wildman–Crippen MR) is 120 cm³/mol. The molecule has 0 bridgehead atoms. The Kier molecular flexibility index (Phi) is 5.11. The van der Waals surface area contributed by atoms with Crippen molar-refractivity contribution in [2.75, 3.05) is 11.9 Å². The van der Waals surface area contributed by atoms with Crippen LogP contribution in [0, 0.1) is 0 Å². The summed E-state index contributed by atoms with van der Waals surface area (Å²) >= 11 is 1.30. The largest absolute Gasteiger partial charge is 0.315 e. The zero-order valence-corrected chi connectivity index (χ0v) is 17.3. The Hall–Kier alpha value is -3.12. The number of carbonyl (C=O) groups excluding carboxylic acids is 1. The van der Waals surface area contributed by atoms with E-state index >= 15 is 0 Å². The Balaban J connectivity index is 1.68. The minimum Gasteiger partial charge on any atom is -0.315 e. The third-order valence-corrected chi connectivity index (χ3v) is 6.14. The highest BCUT2D eigenvalue weighted by molar-refractivity contribution is 8.00. The van der Waals surface area contributed by atoms with Crippen molar-refractivity contribution in [1.82, 2.24) is 9.55 Å². The molecule has 0 radical (unpaired) electrons. The fourth-order valence-electron chi connectivity index (χ4n) is 3.30. The molecule has 0 N–H and O–H groups in total. The molecule has 0 saturated heterocycles. The maximum Gasteiger partial charge on any atom is 0.261 e. The van der Waals surface area contributed by atoms with Crippen LogP contribution >= 0.6 is 11.8 Å². The highest BCUT2D eigenvalue weighted by Gasteiger charge is 2.22. The summed E-state index contributed by atoms with van der Waals surface area (Å²) in [5.74, 6) is -0.0472. The van der Waals surface area contributed by atoms with Gasteiger partial charge in [0.15, 0.2) is 5.16 Å². The van der Waals surface area contributed by atoms with Crippen LogP contribution in [0.3, 0.4) is 0 Å². The molecule has 1 aromatic heterocycles. The molecule has 0 aliphatic rings. The predicted octanol–water partition coefficient (Wildman–Crippen LogP) is 4.23. The van der Waals surface area contributed by atoms with Crippen molar-refractivity contribution in [2.45, 2.75) is 17.3 Å². The summed E-state index contributed by atoms with van der Waals surface area (Å²) in [6.45, 7) is 1.84. The number of amides is 1. The number of fused-ring (bicyclic) bond motifs is 2. The van der Waals surface area contributed by atoms with Crippen molar-refractivity contribution >= 4 is 45.0 Å². The second kappa shape index (κ2) is 7.72. The van der Waals surface area contributed by atoms with Crippen LogP contribution in [0.1, 0.15) is 6.92 Å². The molecule has 0 saturated carbocycles. The fourth-order valence-corrected chi connectivity index (χ4v) is 4.27. The van der Waals surface area contributed by atoms with Crippen molar-refractivity contribution in [1.29, 1.82) is 0 Å². The molecule has 4 rings (SSSR count). The standard InChI is InChI=1S/C23H21N3O2S/c1-15(21(27)25(2)18-11-5-4-6-12-18)29-23-24-20-14-17-10-8-7-9-16(17)13-19(20)22(28)26(23)3/h4-15H,1-3H3/t15-/m0/s1. The van der Waals surface area contributed by atoms with E-state index in [9.17, 15) is 9.59 Å². The van der Waals surface area contributed by atoms with E-state index in [1.165, 1.54) is 16.3 Å². The number of nitrogens with zero attached hydrogens (tertiary/aromatic N) is 3. The van der Waals surface area contributed by atoms with Gasteiger partial charge in [-0.2, -0.15) is 0 Å². The average Bonchev–Trinajstić information content (AvgIpc) is 2.75. The van der Waals surface area contributed by atoms with E-state index in [4.69, 9.17) is 4.98 Å². The van der Waals surface area contributed by atoms with Gasteiger partial charge in [-0.3, -0.25) is 14.2 Å². The summed E-state index contributed by atoms with van der Waals surface area (Å²) in [5.41, 5.74) is 1.36. The van der Waals surface area contributed by atoms with Crippen LogP contribution in [-0.2, 0) is 11.8 Å². The second-order valence-electron chi connectivity index (χ2n) is 6.97. The first kappa shape index (κ1) is 19.2. The highest BCUT2D eigenvalue weighted by atomic mass is 32.2. The van der Waals surface area contributed by atoms with Gasteiger partial charge in [-0.1, -0.05) is 54.2 Å². The molecule has 5 nitrogen and oxygen atoms in total. The van der Waals surface area contributed by atoms with Crippen LogP contribution in [-0.4, -0.2) is 27.8 Å². The number of rotatable bonds is 4. The van der Waals surface area contributed by atoms with Gasteiger partial charge in [0, 0.05) is 19.8 Å². The van der Waals surface area contributed by atoms with E-state index in [2.05, 4.69) is 0 Å². The van der Waals surface area contributed by atoms with Crippen molar-refractivity contribution in [3.63, 3.8) is 0 Å². The molecule has 0 unspecified atom stereocenters. The Morgan fingerprint density at radius 2 is 1.66 bits per heavy atom. The van der Waals surface area contributed by atoms with E-state index in [0.29, 0.717) is 16.1 Å². The Morgan fingerprint density at radius 1 is 1.03 bits per heavy atom. The molecule has 3 aromatic carbocycles. The Labute approximate surface area is 173 Å². The van der Waals surface area contributed by atoms with Crippen molar-refractivity contribution in [3.8, 4) is 0 Å². The van der Waals surface area contributed by atoms with Crippen molar-refractivity contribution in [2.24, 2.45) is 7.05 Å². The van der Waals surface area contributed by atoms with Gasteiger partial charge in [-0.05, 0) is 42.0 Å². The lowest BCUT2D eigenvalue weighted by molar-refractivity contribution is -0.117. The quantitative estimate of drug-likeness (QED) is 0.291. The number of para-hydroxylation sites is 1. The average molecular weight is 404 g/mol. The van der Waals surface area contributed by atoms with Gasteiger partial charge < -0.3 is 4.90 Å². The van der Waals surface area contributed by atoms with E-state index < -0.39 is 5.25 Å². The molecule has 1 heterocycles. The number of carbonyl (C=O) groups is 1. The maximum atomic E-state index is 12.9. The van der Waals surface area contributed by atoms with Crippen molar-refractivity contribution < 1.29 is 4.79 Å². The van der Waals surface area contributed by atoms with Gasteiger partial charge in [0.25, 0.3) is 5.56 Å². The lowest BCUT2D eigenvalue weighted by atomic mass is 10.1. The summed E-state index contributed by atoms with van der Waals surface area (Å²) in [4.78, 5) is 32.1. The van der Waals surface area contributed by atoms with Gasteiger partial charge in [0.2, 0.25) is 5.91 Å². The first-order valence-corrected chi connectivity index (χ1v) is 10.2. The van der Waals surface area contributed by atoms with Gasteiger partial charge in [-0.15, -0.1) is 0 Å². The van der Waals surface area contributed by atoms with E-state index in [-0.39, 0.29) is 11.5 Å². The maximum absolute atomic E-state index is 12.9. The van der Waals surface area contributed by atoms with Crippen LogP contribution in [0.4, 0.5) is 5.69 Å². The number of benzene rings is 3. The molecule has 0 fully saturated rings. The SMILES string of the molecule is C[C@H](Sc1nc2cc3ccccc3cc2c(=O)n1C)C(=O)N(C)c1ccccc1. The summed E-state index contributed by atoms with van der Waals surface area (Å²) in [7, 11) is 3.46. The highest BCUT2D eigenvalue weighted by Crippen LogP contribution is 2.26. The number of hydrogen-bond acceptors (Lipinski definition) is 4. The summed E-state index contributed by atoms with van der Waals surface area (Å²) < 4.78 is 1.52. The molecule has 29 heavy (non-hydrogen) atoms. The van der Waals surface area contributed by atoms with Crippen molar-refractivity contribution in [3.05, 3.63) is 77.1 Å². The lowest BCUT2D eigenvalue weighted by Gasteiger charge is -2.21. The van der Waals surface area contributed by atoms with Gasteiger partial charge in [-0.25, -0.2) is 4.98 Å². The van der Waals surface area contributed by atoms with E-state index in [1.807, 2.05) is 73.7 Å². The van der Waals surface area contributed by atoms with Gasteiger partial charge in [0.1, 0.15) is 0 Å². The van der Waals surface area contributed by atoms with Crippen LogP contribution in [0.2, 0.25) is 0 Å².